The highest BCUT2D eigenvalue weighted by atomic mass is 31.1. The van der Waals surface area contributed by atoms with E-state index in [-0.39, 0.29) is 0 Å². The Balaban J connectivity index is 1.77. The quantitative estimate of drug-likeness (QED) is 0.599. The molecule has 0 fully saturated rings. The van der Waals surface area contributed by atoms with E-state index in [0.717, 1.165) is 12.3 Å². The fourth-order valence-electron chi connectivity index (χ4n) is 2.70. The minimum absolute atomic E-state index is 0.590. The fourth-order valence-corrected chi connectivity index (χ4v) is 3.95. The van der Waals surface area contributed by atoms with Crippen molar-refractivity contribution in [1.82, 2.24) is 4.90 Å². The van der Waals surface area contributed by atoms with Gasteiger partial charge in [0.25, 0.3) is 0 Å². The van der Waals surface area contributed by atoms with Crippen LogP contribution in [0.2, 0.25) is 0 Å². The van der Waals surface area contributed by atoms with Gasteiger partial charge in [0, 0.05) is 11.8 Å². The lowest BCUT2D eigenvalue weighted by Gasteiger charge is -2.16. The third-order valence-corrected chi connectivity index (χ3v) is 5.34. The Labute approximate surface area is 152 Å². The molecule has 1 unspecified atom stereocenters. The highest BCUT2D eigenvalue weighted by Gasteiger charge is 2.08. The molecule has 2 nitrogen and oxygen atoms in total. The molecule has 0 saturated heterocycles. The molecule has 1 atom stereocenters. The molecule has 0 aromatic heterocycles. The first-order chi connectivity index (χ1) is 12.2. The molecule has 0 radical (unpaired) electrons. The van der Waals surface area contributed by atoms with Gasteiger partial charge < -0.3 is 9.64 Å². The maximum absolute atomic E-state index is 6.11. The third kappa shape index (κ3) is 5.16. The molecule has 128 valence electrons. The van der Waals surface area contributed by atoms with Crippen molar-refractivity contribution in [2.45, 2.75) is 13.2 Å². The lowest BCUT2D eigenvalue weighted by atomic mass is 10.2. The van der Waals surface area contributed by atoms with Gasteiger partial charge in [-0.1, -0.05) is 81.4 Å². The summed E-state index contributed by atoms with van der Waals surface area (Å²) >= 11 is 0. The molecule has 3 heteroatoms. The third-order valence-electron chi connectivity index (χ3n) is 3.90. The summed E-state index contributed by atoms with van der Waals surface area (Å²) in [4.78, 5) is 2.21. The van der Waals surface area contributed by atoms with Crippen LogP contribution in [0.4, 0.5) is 0 Å². The van der Waals surface area contributed by atoms with Gasteiger partial charge in [0.05, 0.1) is 0 Å². The first-order valence-corrected chi connectivity index (χ1v) is 9.48. The van der Waals surface area contributed by atoms with E-state index in [1.807, 2.05) is 24.3 Å². The highest BCUT2D eigenvalue weighted by molar-refractivity contribution is 7.55. The molecule has 0 saturated carbocycles. The van der Waals surface area contributed by atoms with E-state index in [1.54, 1.807) is 0 Å². The zero-order chi connectivity index (χ0) is 17.5. The Kier molecular flexibility index (Phi) is 6.22. The number of hydrogen-bond donors (Lipinski definition) is 0. The van der Waals surface area contributed by atoms with Gasteiger partial charge in [0.2, 0.25) is 0 Å². The summed E-state index contributed by atoms with van der Waals surface area (Å²) in [6, 6.07) is 27.4. The van der Waals surface area contributed by atoms with E-state index < -0.39 is 0 Å². The molecule has 0 N–H and O–H groups in total. The first kappa shape index (κ1) is 17.7. The van der Waals surface area contributed by atoms with Crippen molar-refractivity contribution in [3.8, 4) is 5.75 Å². The van der Waals surface area contributed by atoms with Gasteiger partial charge in [-0.15, -0.1) is 0 Å². The molecule has 25 heavy (non-hydrogen) atoms. The van der Waals surface area contributed by atoms with Crippen LogP contribution in [0.25, 0.3) is 0 Å². The van der Waals surface area contributed by atoms with Gasteiger partial charge >= 0.3 is 0 Å². The second-order valence-electron chi connectivity index (χ2n) is 6.29. The topological polar surface area (TPSA) is 12.5 Å². The highest BCUT2D eigenvalue weighted by Crippen LogP contribution is 2.22. The molecular formula is C22H24NOP. The van der Waals surface area contributed by atoms with E-state index in [0.29, 0.717) is 15.2 Å². The van der Waals surface area contributed by atoms with E-state index in [1.165, 1.54) is 21.7 Å². The Morgan fingerprint density at radius 3 is 2.16 bits per heavy atom. The van der Waals surface area contributed by atoms with Crippen LogP contribution in [0.3, 0.4) is 0 Å². The molecule has 0 bridgehead atoms. The molecule has 3 aromatic carbocycles. The fraction of sp³-hybridized carbons (Fsp3) is 0.182. The molecule has 0 aliphatic carbocycles. The lowest BCUT2D eigenvalue weighted by molar-refractivity contribution is 0.309. The van der Waals surface area contributed by atoms with Crippen molar-refractivity contribution in [2.75, 3.05) is 14.1 Å². The zero-order valence-electron chi connectivity index (χ0n) is 14.8. The van der Waals surface area contributed by atoms with Crippen LogP contribution < -0.4 is 15.3 Å². The first-order valence-electron chi connectivity index (χ1n) is 8.48. The smallest absolute Gasteiger partial charge is 0.127 e. The van der Waals surface area contributed by atoms with E-state index >= 15 is 0 Å². The number of para-hydroxylation sites is 1. The Hall–Kier alpha value is -2.15. The average molecular weight is 349 g/mol. The maximum Gasteiger partial charge on any atom is 0.127 e. The van der Waals surface area contributed by atoms with Gasteiger partial charge in [0.15, 0.2) is 0 Å². The average Bonchev–Trinajstić information content (AvgIpc) is 2.63. The number of rotatable bonds is 7. The number of nitrogens with zero attached hydrogens (tertiary/aromatic N) is 1. The molecule has 0 spiro atoms. The van der Waals surface area contributed by atoms with Crippen molar-refractivity contribution < 1.29 is 4.74 Å². The lowest BCUT2D eigenvalue weighted by Crippen LogP contribution is -2.18. The normalized spacial score (nSPS) is 11.3. The summed E-state index contributed by atoms with van der Waals surface area (Å²) in [6.45, 7) is 1.55. The maximum atomic E-state index is 6.11. The molecular weight excluding hydrogens is 325 g/mol. The van der Waals surface area contributed by atoms with Gasteiger partial charge in [-0.05, 0) is 36.6 Å². The second kappa shape index (κ2) is 8.80. The van der Waals surface area contributed by atoms with Crippen LogP contribution in [-0.2, 0) is 13.2 Å². The Bertz CT molecular complexity index is 802. The monoisotopic (exact) mass is 349 g/mol. The Morgan fingerprint density at radius 2 is 1.40 bits per heavy atom. The van der Waals surface area contributed by atoms with Crippen molar-refractivity contribution in [1.29, 1.82) is 0 Å². The predicted molar refractivity (Wildman–Crippen MR) is 109 cm³/mol. The minimum atomic E-state index is 0.590. The number of benzene rings is 3. The van der Waals surface area contributed by atoms with Crippen LogP contribution in [0.15, 0.2) is 78.9 Å². The van der Waals surface area contributed by atoms with Crippen molar-refractivity contribution in [3.05, 3.63) is 90.0 Å². The summed E-state index contributed by atoms with van der Waals surface area (Å²) < 4.78 is 6.11. The van der Waals surface area contributed by atoms with Gasteiger partial charge in [-0.25, -0.2) is 0 Å². The zero-order valence-corrected chi connectivity index (χ0v) is 15.8. The van der Waals surface area contributed by atoms with Gasteiger partial charge in [-0.2, -0.15) is 0 Å². The van der Waals surface area contributed by atoms with Crippen molar-refractivity contribution in [2.24, 2.45) is 0 Å². The molecule has 3 aromatic rings. The number of ether oxygens (including phenoxy) is 1. The molecule has 0 aliphatic rings. The van der Waals surface area contributed by atoms with Crippen LogP contribution in [-0.4, -0.2) is 19.0 Å². The van der Waals surface area contributed by atoms with Crippen molar-refractivity contribution >= 4 is 19.2 Å². The van der Waals surface area contributed by atoms with Gasteiger partial charge in [-0.3, -0.25) is 0 Å². The second-order valence-corrected chi connectivity index (χ2v) is 7.62. The standard InChI is InChI=1S/C22H24NOP/c1-23(2)16-19-12-6-8-14-21(19)25-22-15-9-7-13-20(22)24-17-18-10-4-3-5-11-18/h3-15,25H,16-17H2,1-2H3. The molecule has 0 heterocycles. The summed E-state index contributed by atoms with van der Waals surface area (Å²) in [5.41, 5.74) is 2.57. The largest absolute Gasteiger partial charge is 0.488 e. The van der Waals surface area contributed by atoms with Crippen LogP contribution >= 0.6 is 8.58 Å². The van der Waals surface area contributed by atoms with Crippen LogP contribution in [0.5, 0.6) is 5.75 Å². The molecule has 3 rings (SSSR count). The summed E-state index contributed by atoms with van der Waals surface area (Å²) in [5, 5.41) is 2.64. The Morgan fingerprint density at radius 1 is 0.760 bits per heavy atom. The van der Waals surface area contributed by atoms with E-state index in [2.05, 4.69) is 73.6 Å². The SMILES string of the molecule is CN(C)Cc1ccccc1Pc1ccccc1OCc1ccccc1. The van der Waals surface area contributed by atoms with Crippen molar-refractivity contribution in [3.63, 3.8) is 0 Å². The summed E-state index contributed by atoms with van der Waals surface area (Å²) in [7, 11) is 4.81. The van der Waals surface area contributed by atoms with E-state index in [9.17, 15) is 0 Å². The molecule has 0 aliphatic heterocycles. The summed E-state index contributed by atoms with van der Waals surface area (Å²) in [6.07, 6.45) is 0. The van der Waals surface area contributed by atoms with Crippen LogP contribution in [0.1, 0.15) is 11.1 Å². The van der Waals surface area contributed by atoms with E-state index in [4.69, 9.17) is 4.74 Å². The predicted octanol–water partition coefficient (Wildman–Crippen LogP) is 3.96. The number of hydrogen-bond acceptors (Lipinski definition) is 2. The summed E-state index contributed by atoms with van der Waals surface area (Å²) in [5.74, 6) is 0.976. The minimum Gasteiger partial charge on any atom is -0.488 e. The van der Waals surface area contributed by atoms with Crippen LogP contribution in [0, 0.1) is 0 Å². The van der Waals surface area contributed by atoms with Gasteiger partial charge in [0.1, 0.15) is 12.4 Å². The molecule has 0 amide bonds.